The zero-order valence-corrected chi connectivity index (χ0v) is 16.3. The minimum Gasteiger partial charge on any atom is -0.396 e. The van der Waals surface area contributed by atoms with Gasteiger partial charge in [0.2, 0.25) is 5.91 Å². The summed E-state index contributed by atoms with van der Waals surface area (Å²) in [6.45, 7) is 0.238. The molecule has 1 aliphatic heterocycles. The van der Waals surface area contributed by atoms with Gasteiger partial charge in [-0.1, -0.05) is 5.21 Å². The summed E-state index contributed by atoms with van der Waals surface area (Å²) in [5.41, 5.74) is 0.234. The number of hydrogen-bond donors (Lipinski definition) is 8. The Morgan fingerprint density at radius 2 is 1.80 bits per heavy atom. The standard InChI is InChI=1S/C17H28N4O9/c1-6(24)18-11-15(28)14(27)10(5-23)30-17(11)21-3-9(19-20-21)8-2-7(4-22)12(25)16(29)13(8)26/h3,7-8,10-17,22-23,25-29H,2,4-5H2,1H3,(H,18,24)/t7-,8-,10-,11-,12-,13-,14-,15-,16+,17-/m1/s1. The Balaban J connectivity index is 1.88. The molecule has 3 rings (SSSR count). The van der Waals surface area contributed by atoms with E-state index in [1.165, 1.54) is 17.8 Å². The molecule has 170 valence electrons. The highest BCUT2D eigenvalue weighted by molar-refractivity contribution is 5.73. The van der Waals surface area contributed by atoms with E-state index in [-0.39, 0.29) is 12.1 Å². The lowest BCUT2D eigenvalue weighted by atomic mass is 9.75. The van der Waals surface area contributed by atoms with E-state index in [1.54, 1.807) is 0 Å². The maximum atomic E-state index is 11.6. The number of aromatic nitrogens is 3. The third kappa shape index (κ3) is 4.20. The van der Waals surface area contributed by atoms with E-state index in [1.807, 2.05) is 0 Å². The van der Waals surface area contributed by atoms with Gasteiger partial charge in [0.15, 0.2) is 6.23 Å². The highest BCUT2D eigenvalue weighted by Gasteiger charge is 2.47. The number of hydrogen-bond acceptors (Lipinski definition) is 11. The molecular weight excluding hydrogens is 404 g/mol. The summed E-state index contributed by atoms with van der Waals surface area (Å²) < 4.78 is 6.79. The number of nitrogens with zero attached hydrogens (tertiary/aromatic N) is 3. The van der Waals surface area contributed by atoms with Gasteiger partial charge in [0, 0.05) is 25.4 Å². The summed E-state index contributed by atoms with van der Waals surface area (Å²) in [5, 5.41) is 80.2. The van der Waals surface area contributed by atoms with E-state index in [9.17, 15) is 40.5 Å². The summed E-state index contributed by atoms with van der Waals surface area (Å²) in [6, 6.07) is -1.11. The molecular formula is C17H28N4O9. The molecule has 30 heavy (non-hydrogen) atoms. The van der Waals surface area contributed by atoms with Gasteiger partial charge in [-0.3, -0.25) is 4.79 Å². The Morgan fingerprint density at radius 1 is 1.10 bits per heavy atom. The maximum Gasteiger partial charge on any atom is 0.217 e. The van der Waals surface area contributed by atoms with Gasteiger partial charge in [-0.15, -0.1) is 5.10 Å². The summed E-state index contributed by atoms with van der Waals surface area (Å²) in [4.78, 5) is 11.6. The van der Waals surface area contributed by atoms with Crippen LogP contribution in [-0.2, 0) is 9.53 Å². The Labute approximate surface area is 171 Å². The number of nitrogens with one attached hydrogen (secondary N) is 1. The smallest absolute Gasteiger partial charge is 0.217 e. The molecule has 2 fully saturated rings. The average molecular weight is 432 g/mol. The second kappa shape index (κ2) is 9.20. The molecule has 10 atom stereocenters. The minimum atomic E-state index is -1.49. The van der Waals surface area contributed by atoms with Crippen molar-refractivity contribution in [3.05, 3.63) is 11.9 Å². The SMILES string of the molecule is CC(=O)N[C@@H]1[C@@H](O)[C@H](O)[C@@H](CO)O[C@H]1n1cc([C@H]2C[C@H](CO)[C@@H](O)[C@H](O)[C@@H]2O)nn1. The van der Waals surface area contributed by atoms with Crippen LogP contribution in [0.5, 0.6) is 0 Å². The van der Waals surface area contributed by atoms with Crippen LogP contribution >= 0.6 is 0 Å². The fraction of sp³-hybridized carbons (Fsp3) is 0.824. The number of aliphatic hydroxyl groups excluding tert-OH is 7. The predicted molar refractivity (Wildman–Crippen MR) is 96.6 cm³/mol. The van der Waals surface area contributed by atoms with Crippen LogP contribution in [0.2, 0.25) is 0 Å². The van der Waals surface area contributed by atoms with Gasteiger partial charge in [-0.05, 0) is 6.42 Å². The molecule has 0 spiro atoms. The third-order valence-corrected chi connectivity index (χ3v) is 5.82. The van der Waals surface area contributed by atoms with Crippen molar-refractivity contribution < 1.29 is 45.3 Å². The van der Waals surface area contributed by atoms with E-state index in [4.69, 9.17) is 4.74 Å². The molecule has 1 aromatic rings. The van der Waals surface area contributed by atoms with Crippen LogP contribution in [0, 0.1) is 5.92 Å². The Kier molecular flexibility index (Phi) is 7.04. The maximum absolute atomic E-state index is 11.6. The number of carbonyl (C=O) groups excluding carboxylic acids is 1. The van der Waals surface area contributed by atoms with Crippen molar-refractivity contribution in [3.63, 3.8) is 0 Å². The van der Waals surface area contributed by atoms with Gasteiger partial charge < -0.3 is 45.8 Å². The molecule has 0 bridgehead atoms. The van der Waals surface area contributed by atoms with Crippen molar-refractivity contribution in [1.82, 2.24) is 20.3 Å². The van der Waals surface area contributed by atoms with Gasteiger partial charge in [0.1, 0.15) is 30.5 Å². The first kappa shape index (κ1) is 23.0. The quantitative estimate of drug-likeness (QED) is 0.222. The highest BCUT2D eigenvalue weighted by Crippen LogP contribution is 2.37. The summed E-state index contributed by atoms with van der Waals surface area (Å²) in [5.74, 6) is -1.91. The number of rotatable bonds is 5. The molecule has 1 aliphatic carbocycles. The Hall–Kier alpha value is -1.71. The fourth-order valence-electron chi connectivity index (χ4n) is 4.10. The second-order valence-corrected chi connectivity index (χ2v) is 7.84. The van der Waals surface area contributed by atoms with Crippen molar-refractivity contribution in [2.75, 3.05) is 13.2 Å². The van der Waals surface area contributed by atoms with Gasteiger partial charge in [0.25, 0.3) is 0 Å². The summed E-state index contributed by atoms with van der Waals surface area (Å²) in [6.07, 6.45) is -7.80. The first-order valence-electron chi connectivity index (χ1n) is 9.65. The van der Waals surface area contributed by atoms with Crippen molar-refractivity contribution in [2.45, 2.75) is 68.2 Å². The average Bonchev–Trinajstić information content (AvgIpc) is 3.19. The van der Waals surface area contributed by atoms with Crippen molar-refractivity contribution in [3.8, 4) is 0 Å². The largest absolute Gasteiger partial charge is 0.396 e. The van der Waals surface area contributed by atoms with E-state index >= 15 is 0 Å². The number of carbonyl (C=O) groups is 1. The Bertz CT molecular complexity index is 732. The van der Waals surface area contributed by atoms with E-state index in [0.717, 1.165) is 0 Å². The number of aliphatic hydroxyl groups is 7. The molecule has 13 nitrogen and oxygen atoms in total. The molecule has 1 saturated carbocycles. The third-order valence-electron chi connectivity index (χ3n) is 5.82. The van der Waals surface area contributed by atoms with Gasteiger partial charge in [0.05, 0.1) is 30.7 Å². The van der Waals surface area contributed by atoms with Crippen molar-refractivity contribution in [2.24, 2.45) is 5.92 Å². The molecule has 2 heterocycles. The lowest BCUT2D eigenvalue weighted by Crippen LogP contribution is -2.62. The molecule has 13 heteroatoms. The Morgan fingerprint density at radius 3 is 2.40 bits per heavy atom. The topological polar surface area (TPSA) is 211 Å². The van der Waals surface area contributed by atoms with Gasteiger partial charge >= 0.3 is 0 Å². The minimum absolute atomic E-state index is 0.135. The van der Waals surface area contributed by atoms with Crippen LogP contribution in [0.4, 0.5) is 0 Å². The van der Waals surface area contributed by atoms with E-state index in [0.29, 0.717) is 0 Å². The number of ether oxygens (including phenoxy) is 1. The molecule has 1 amide bonds. The fourth-order valence-corrected chi connectivity index (χ4v) is 4.10. The predicted octanol–water partition coefficient (Wildman–Crippen LogP) is -4.43. The second-order valence-electron chi connectivity index (χ2n) is 7.84. The van der Waals surface area contributed by atoms with Crippen LogP contribution in [-0.4, -0.2) is 113 Å². The normalized spacial score (nSPS) is 42.1. The van der Waals surface area contributed by atoms with Crippen LogP contribution in [0.15, 0.2) is 6.20 Å². The molecule has 1 saturated heterocycles. The molecule has 1 aromatic heterocycles. The molecule has 2 aliphatic rings. The summed E-state index contributed by atoms with van der Waals surface area (Å²) >= 11 is 0. The van der Waals surface area contributed by atoms with Crippen LogP contribution < -0.4 is 5.32 Å². The van der Waals surface area contributed by atoms with E-state index in [2.05, 4.69) is 15.6 Å². The first-order chi connectivity index (χ1) is 14.2. The molecule has 0 radical (unpaired) electrons. The highest BCUT2D eigenvalue weighted by atomic mass is 16.5. The van der Waals surface area contributed by atoms with E-state index < -0.39 is 79.9 Å². The van der Waals surface area contributed by atoms with Crippen LogP contribution in [0.1, 0.15) is 31.2 Å². The lowest BCUT2D eigenvalue weighted by Gasteiger charge is -2.42. The van der Waals surface area contributed by atoms with Crippen molar-refractivity contribution >= 4 is 5.91 Å². The molecule has 0 unspecified atom stereocenters. The first-order valence-corrected chi connectivity index (χ1v) is 9.65. The lowest BCUT2D eigenvalue weighted by molar-refractivity contribution is -0.219. The zero-order valence-electron chi connectivity index (χ0n) is 16.3. The summed E-state index contributed by atoms with van der Waals surface area (Å²) in [7, 11) is 0. The van der Waals surface area contributed by atoms with Gasteiger partial charge in [-0.25, -0.2) is 4.68 Å². The van der Waals surface area contributed by atoms with Crippen molar-refractivity contribution in [1.29, 1.82) is 0 Å². The monoisotopic (exact) mass is 432 g/mol. The van der Waals surface area contributed by atoms with Gasteiger partial charge in [-0.2, -0.15) is 0 Å². The zero-order chi connectivity index (χ0) is 22.2. The van der Waals surface area contributed by atoms with Crippen LogP contribution in [0.25, 0.3) is 0 Å². The molecule has 8 N–H and O–H groups in total. The van der Waals surface area contributed by atoms with Crippen LogP contribution in [0.3, 0.4) is 0 Å². The number of amides is 1. The molecule has 0 aromatic carbocycles.